The Kier molecular flexibility index (Phi) is 5.88. The van der Waals surface area contributed by atoms with Gasteiger partial charge in [-0.05, 0) is 55.6 Å². The molecule has 1 spiro atoms. The molecule has 1 saturated heterocycles. The van der Waals surface area contributed by atoms with Crippen LogP contribution in [0.1, 0.15) is 60.1 Å². The quantitative estimate of drug-likeness (QED) is 0.761. The number of amides is 1. The number of carbonyl (C=O) groups excluding carboxylic acids is 1. The van der Waals surface area contributed by atoms with Crippen LogP contribution >= 0.6 is 0 Å². The molecule has 0 bridgehead atoms. The summed E-state index contributed by atoms with van der Waals surface area (Å²) in [4.78, 5) is 17.0. The molecule has 0 radical (unpaired) electrons. The van der Waals surface area contributed by atoms with Gasteiger partial charge in [0, 0.05) is 37.4 Å². The molecule has 174 valence electrons. The summed E-state index contributed by atoms with van der Waals surface area (Å²) in [5.74, 6) is -0.00519. The lowest BCUT2D eigenvalue weighted by Crippen LogP contribution is -2.56. The summed E-state index contributed by atoms with van der Waals surface area (Å²) in [6.45, 7) is 5.68. The molecule has 1 amide bonds. The molecule has 1 N–H and O–H groups in total. The minimum absolute atomic E-state index is 0.0825. The summed E-state index contributed by atoms with van der Waals surface area (Å²) in [6.07, 6.45) is -3.78. The molecule has 1 aromatic heterocycles. The van der Waals surface area contributed by atoms with Gasteiger partial charge in [-0.25, -0.2) is 0 Å². The van der Waals surface area contributed by atoms with E-state index in [0.717, 1.165) is 5.56 Å². The zero-order valence-electron chi connectivity index (χ0n) is 18.7. The van der Waals surface area contributed by atoms with Crippen LogP contribution in [-0.4, -0.2) is 52.1 Å². The third-order valence-electron chi connectivity index (χ3n) is 7.15. The number of rotatable bonds is 3. The van der Waals surface area contributed by atoms with Crippen molar-refractivity contribution in [3.8, 4) is 0 Å². The fourth-order valence-corrected chi connectivity index (χ4v) is 5.13. The number of hydrogen-bond donors (Lipinski definition) is 1. The number of likely N-dealkylation sites (tertiary alicyclic amines) is 1. The summed E-state index contributed by atoms with van der Waals surface area (Å²) < 4.78 is 41.7. The first-order valence-electron chi connectivity index (χ1n) is 11.1. The van der Waals surface area contributed by atoms with E-state index in [1.807, 2.05) is 20.9 Å². The summed E-state index contributed by atoms with van der Waals surface area (Å²) in [7, 11) is 1.96. The van der Waals surface area contributed by atoms with Gasteiger partial charge in [0.2, 0.25) is 0 Å². The van der Waals surface area contributed by atoms with E-state index in [1.165, 1.54) is 10.6 Å². The van der Waals surface area contributed by atoms with Crippen molar-refractivity contribution in [3.63, 3.8) is 0 Å². The van der Waals surface area contributed by atoms with Crippen molar-refractivity contribution in [2.24, 2.45) is 5.92 Å². The number of likely N-dealkylation sites (N-methyl/N-ethyl adjacent to an activating group) is 1. The van der Waals surface area contributed by atoms with Crippen molar-refractivity contribution in [1.29, 1.82) is 0 Å². The highest BCUT2D eigenvalue weighted by Gasteiger charge is 2.47. The molecule has 8 heteroatoms. The monoisotopic (exact) mass is 449 g/mol. The van der Waals surface area contributed by atoms with E-state index in [2.05, 4.69) is 4.90 Å². The highest BCUT2D eigenvalue weighted by atomic mass is 19.4. The first kappa shape index (κ1) is 22.9. The minimum atomic E-state index is -4.37. The van der Waals surface area contributed by atoms with E-state index in [4.69, 9.17) is 0 Å². The van der Waals surface area contributed by atoms with Crippen molar-refractivity contribution >= 4 is 5.91 Å². The molecular formula is C24H30F3N3O2. The maximum Gasteiger partial charge on any atom is 0.431 e. The number of aromatic nitrogens is 1. The topological polar surface area (TPSA) is 48.7 Å². The number of hydrogen-bond acceptors (Lipinski definition) is 3. The number of benzene rings is 1. The third kappa shape index (κ3) is 3.83. The molecule has 0 aliphatic carbocycles. The number of halogens is 3. The van der Waals surface area contributed by atoms with Crippen LogP contribution in [0, 0.1) is 5.92 Å². The van der Waals surface area contributed by atoms with E-state index in [1.54, 1.807) is 35.2 Å². The van der Waals surface area contributed by atoms with Crippen LogP contribution < -0.4 is 0 Å². The number of alkyl halides is 3. The Bertz CT molecular complexity index is 973. The molecule has 1 fully saturated rings. The Balaban J connectivity index is 1.51. The summed E-state index contributed by atoms with van der Waals surface area (Å²) >= 11 is 0. The van der Waals surface area contributed by atoms with E-state index in [-0.39, 0.29) is 11.8 Å². The Morgan fingerprint density at radius 2 is 1.62 bits per heavy atom. The first-order chi connectivity index (χ1) is 15.0. The highest BCUT2D eigenvalue weighted by Crippen LogP contribution is 2.44. The molecule has 0 saturated carbocycles. The summed E-state index contributed by atoms with van der Waals surface area (Å²) in [5.41, 5.74) is 0.934. The molecular weight excluding hydrogens is 419 g/mol. The van der Waals surface area contributed by atoms with Crippen LogP contribution in [0.4, 0.5) is 13.2 Å². The van der Waals surface area contributed by atoms with E-state index >= 15 is 0 Å². The third-order valence-corrected chi connectivity index (χ3v) is 7.15. The zero-order chi connectivity index (χ0) is 23.3. The normalized spacial score (nSPS) is 19.9. The maximum atomic E-state index is 13.4. The number of aliphatic hydroxyl groups is 1. The first-order valence-corrected chi connectivity index (χ1v) is 11.1. The van der Waals surface area contributed by atoms with Gasteiger partial charge in [0.25, 0.3) is 5.91 Å². The second kappa shape index (κ2) is 8.23. The minimum Gasteiger partial charge on any atom is -0.388 e. The number of nitrogens with zero attached hydrogens (tertiary/aromatic N) is 3. The van der Waals surface area contributed by atoms with Crippen LogP contribution in [0.15, 0.2) is 36.4 Å². The molecule has 2 aliphatic rings. The SMILES string of the molecule is CC(C)C(O)c1ccc(C(=O)N2CCC3(CC2)c2ccc(C(F)(F)F)n2CCN3C)cc1. The average Bonchev–Trinajstić information content (AvgIpc) is 3.22. The fourth-order valence-electron chi connectivity index (χ4n) is 5.13. The zero-order valence-corrected chi connectivity index (χ0v) is 18.7. The van der Waals surface area contributed by atoms with Gasteiger partial charge in [0.15, 0.2) is 0 Å². The smallest absolute Gasteiger partial charge is 0.388 e. The van der Waals surface area contributed by atoms with Crippen LogP contribution in [0.5, 0.6) is 0 Å². The Labute approximate surface area is 186 Å². The van der Waals surface area contributed by atoms with E-state index in [9.17, 15) is 23.1 Å². The Morgan fingerprint density at radius 1 is 1.00 bits per heavy atom. The van der Waals surface area contributed by atoms with Gasteiger partial charge in [0.05, 0.1) is 11.6 Å². The molecule has 2 aliphatic heterocycles. The van der Waals surface area contributed by atoms with Gasteiger partial charge >= 0.3 is 6.18 Å². The molecule has 4 rings (SSSR count). The van der Waals surface area contributed by atoms with Crippen molar-refractivity contribution in [2.45, 2.75) is 51.1 Å². The van der Waals surface area contributed by atoms with Crippen molar-refractivity contribution in [1.82, 2.24) is 14.4 Å². The van der Waals surface area contributed by atoms with E-state index in [0.29, 0.717) is 50.3 Å². The molecule has 3 heterocycles. The predicted molar refractivity (Wildman–Crippen MR) is 115 cm³/mol. The molecule has 1 aromatic carbocycles. The second-order valence-electron chi connectivity index (χ2n) is 9.31. The number of piperidine rings is 1. The van der Waals surface area contributed by atoms with Crippen LogP contribution in [0.3, 0.4) is 0 Å². The highest BCUT2D eigenvalue weighted by molar-refractivity contribution is 5.94. The summed E-state index contributed by atoms with van der Waals surface area (Å²) in [6, 6.07) is 9.82. The van der Waals surface area contributed by atoms with Gasteiger partial charge in [0.1, 0.15) is 5.69 Å². The van der Waals surface area contributed by atoms with Gasteiger partial charge in [-0.3, -0.25) is 9.69 Å². The van der Waals surface area contributed by atoms with Crippen LogP contribution in [-0.2, 0) is 18.3 Å². The van der Waals surface area contributed by atoms with Crippen molar-refractivity contribution in [2.75, 3.05) is 26.7 Å². The van der Waals surface area contributed by atoms with E-state index < -0.39 is 23.5 Å². The van der Waals surface area contributed by atoms with Crippen molar-refractivity contribution in [3.05, 3.63) is 58.9 Å². The molecule has 2 aromatic rings. The summed E-state index contributed by atoms with van der Waals surface area (Å²) in [5, 5.41) is 10.2. The largest absolute Gasteiger partial charge is 0.431 e. The average molecular weight is 450 g/mol. The van der Waals surface area contributed by atoms with Crippen molar-refractivity contribution < 1.29 is 23.1 Å². The van der Waals surface area contributed by atoms with Gasteiger partial charge in [-0.1, -0.05) is 26.0 Å². The number of fused-ring (bicyclic) bond motifs is 2. The Hall–Kier alpha value is -2.32. The molecule has 1 unspecified atom stereocenters. The molecule has 32 heavy (non-hydrogen) atoms. The van der Waals surface area contributed by atoms with Crippen LogP contribution in [0.2, 0.25) is 0 Å². The Morgan fingerprint density at radius 3 is 2.19 bits per heavy atom. The lowest BCUT2D eigenvalue weighted by atomic mass is 9.81. The van der Waals surface area contributed by atoms with Gasteiger partial charge in [-0.2, -0.15) is 13.2 Å². The molecule has 1 atom stereocenters. The van der Waals surface area contributed by atoms with Gasteiger partial charge in [-0.15, -0.1) is 0 Å². The lowest BCUT2D eigenvalue weighted by Gasteiger charge is -2.50. The molecule has 5 nitrogen and oxygen atoms in total. The second-order valence-corrected chi connectivity index (χ2v) is 9.31. The number of aliphatic hydroxyl groups excluding tert-OH is 1. The maximum absolute atomic E-state index is 13.4. The fraction of sp³-hybridized carbons (Fsp3) is 0.542. The standard InChI is InChI=1S/C24H30F3N3O2/c1-16(2)21(31)17-4-6-18(7-5-17)22(32)29-12-10-23(11-13-29)19-8-9-20(24(25,26)27)30(19)15-14-28(23)3/h4-9,16,21,31H,10-15H2,1-3H3. The number of carbonyl (C=O) groups is 1. The van der Waals surface area contributed by atoms with Gasteiger partial charge < -0.3 is 14.6 Å². The lowest BCUT2D eigenvalue weighted by molar-refractivity contribution is -0.144. The van der Waals surface area contributed by atoms with Crippen LogP contribution in [0.25, 0.3) is 0 Å². The predicted octanol–water partition coefficient (Wildman–Crippen LogP) is 4.27.